The molecule has 0 bridgehead atoms. The summed E-state index contributed by atoms with van der Waals surface area (Å²) in [5, 5.41) is 2.84. The number of hydrogen-bond acceptors (Lipinski definition) is 3. The van der Waals surface area contributed by atoms with Crippen LogP contribution in [0.1, 0.15) is 55.3 Å². The maximum absolute atomic E-state index is 12.9. The molecule has 1 aliphatic heterocycles. The molecule has 140 valence electrons. The Morgan fingerprint density at radius 3 is 2.50 bits per heavy atom. The van der Waals surface area contributed by atoms with Crippen LogP contribution in [0.15, 0.2) is 24.3 Å². The van der Waals surface area contributed by atoms with Gasteiger partial charge in [0.05, 0.1) is 0 Å². The quantitative estimate of drug-likeness (QED) is 0.760. The van der Waals surface area contributed by atoms with Gasteiger partial charge in [-0.15, -0.1) is 0 Å². The first-order valence-electron chi connectivity index (χ1n) is 9.38. The van der Waals surface area contributed by atoms with Gasteiger partial charge >= 0.3 is 0 Å². The summed E-state index contributed by atoms with van der Waals surface area (Å²) >= 11 is 0. The van der Waals surface area contributed by atoms with Gasteiger partial charge in [-0.05, 0) is 37.1 Å². The van der Waals surface area contributed by atoms with Crippen molar-refractivity contribution in [2.45, 2.75) is 51.0 Å². The zero-order valence-corrected chi connectivity index (χ0v) is 14.9. The first-order chi connectivity index (χ1) is 12.5. The molecule has 2 fully saturated rings. The summed E-state index contributed by atoms with van der Waals surface area (Å²) in [5.74, 6) is -0.407. The number of ketones is 1. The van der Waals surface area contributed by atoms with Crippen molar-refractivity contribution < 1.29 is 18.8 Å². The summed E-state index contributed by atoms with van der Waals surface area (Å²) in [5.41, 5.74) is 0.410. The average Bonchev–Trinajstić information content (AvgIpc) is 3.28. The number of nitrogens with one attached hydrogen (secondary N) is 1. The lowest BCUT2D eigenvalue weighted by atomic mass is 10.1. The molecule has 2 amide bonds. The number of Topliss-reactive ketones (excluding diaryl/α,β-unsaturated/α-hetero) is 1. The Balaban J connectivity index is 1.38. The zero-order valence-electron chi connectivity index (χ0n) is 14.9. The van der Waals surface area contributed by atoms with E-state index < -0.39 is 5.82 Å². The fraction of sp³-hybridized carbons (Fsp3) is 0.550. The molecule has 1 heterocycles. The predicted octanol–water partition coefficient (Wildman–Crippen LogP) is 2.70. The van der Waals surface area contributed by atoms with E-state index in [4.69, 9.17) is 0 Å². The highest BCUT2D eigenvalue weighted by atomic mass is 19.1. The minimum Gasteiger partial charge on any atom is -0.356 e. The second-order valence-corrected chi connectivity index (χ2v) is 7.29. The van der Waals surface area contributed by atoms with E-state index in [1.807, 2.05) is 4.90 Å². The van der Waals surface area contributed by atoms with E-state index in [-0.39, 0.29) is 36.4 Å². The third-order valence-corrected chi connectivity index (χ3v) is 5.34. The Labute approximate surface area is 152 Å². The molecule has 1 unspecified atom stereocenters. The molecule has 1 saturated heterocycles. The van der Waals surface area contributed by atoms with Crippen molar-refractivity contribution in [2.75, 3.05) is 13.1 Å². The smallest absolute Gasteiger partial charge is 0.223 e. The summed E-state index contributed by atoms with van der Waals surface area (Å²) in [6.07, 6.45) is 5.26. The molecule has 0 radical (unpaired) electrons. The minimum absolute atomic E-state index is 0.0925. The van der Waals surface area contributed by atoms with Gasteiger partial charge in [-0.25, -0.2) is 4.39 Å². The molecule has 0 spiro atoms. The highest BCUT2D eigenvalue weighted by Crippen LogP contribution is 2.29. The number of benzene rings is 1. The van der Waals surface area contributed by atoms with Crippen LogP contribution in [0, 0.1) is 11.7 Å². The number of rotatable bonds is 7. The molecule has 1 saturated carbocycles. The number of carbonyl (C=O) groups is 3. The van der Waals surface area contributed by atoms with Crippen LogP contribution in [0.4, 0.5) is 4.39 Å². The Hall–Kier alpha value is -2.24. The second kappa shape index (κ2) is 8.43. The van der Waals surface area contributed by atoms with Crippen molar-refractivity contribution in [2.24, 2.45) is 5.92 Å². The van der Waals surface area contributed by atoms with Crippen LogP contribution in [0.2, 0.25) is 0 Å². The third kappa shape index (κ3) is 4.68. The largest absolute Gasteiger partial charge is 0.356 e. The topological polar surface area (TPSA) is 66.5 Å². The molecule has 5 nitrogen and oxygen atoms in total. The number of hydrogen-bond donors (Lipinski definition) is 1. The lowest BCUT2D eigenvalue weighted by Gasteiger charge is -2.24. The van der Waals surface area contributed by atoms with Gasteiger partial charge < -0.3 is 10.2 Å². The lowest BCUT2D eigenvalue weighted by molar-refractivity contribution is -0.129. The van der Waals surface area contributed by atoms with Crippen molar-refractivity contribution in [1.82, 2.24) is 10.2 Å². The maximum Gasteiger partial charge on any atom is 0.223 e. The summed E-state index contributed by atoms with van der Waals surface area (Å²) in [6, 6.07) is 5.71. The number of halogens is 1. The second-order valence-electron chi connectivity index (χ2n) is 7.29. The van der Waals surface area contributed by atoms with E-state index in [9.17, 15) is 18.8 Å². The van der Waals surface area contributed by atoms with E-state index >= 15 is 0 Å². The SMILES string of the molecule is O=C(CCC(=O)c1ccc(F)cc1)NCC1CC(=O)N(C2CCCC2)C1. The molecule has 0 aromatic heterocycles. The van der Waals surface area contributed by atoms with Crippen LogP contribution in [0.3, 0.4) is 0 Å². The van der Waals surface area contributed by atoms with Gasteiger partial charge in [0.25, 0.3) is 0 Å². The van der Waals surface area contributed by atoms with E-state index in [1.165, 1.54) is 37.1 Å². The van der Waals surface area contributed by atoms with E-state index in [2.05, 4.69) is 5.32 Å². The fourth-order valence-corrected chi connectivity index (χ4v) is 3.87. The molecule has 6 heteroatoms. The number of amides is 2. The molecular formula is C20H25FN2O3. The van der Waals surface area contributed by atoms with E-state index in [0.29, 0.717) is 24.6 Å². The van der Waals surface area contributed by atoms with Crippen LogP contribution in [-0.2, 0) is 9.59 Å². The zero-order chi connectivity index (χ0) is 18.5. The van der Waals surface area contributed by atoms with Crippen molar-refractivity contribution in [3.05, 3.63) is 35.6 Å². The Bertz CT molecular complexity index is 668. The van der Waals surface area contributed by atoms with Crippen LogP contribution < -0.4 is 5.32 Å². The number of carbonyl (C=O) groups excluding carboxylic acids is 3. The Morgan fingerprint density at radius 2 is 1.81 bits per heavy atom. The highest BCUT2D eigenvalue weighted by Gasteiger charge is 2.35. The van der Waals surface area contributed by atoms with Crippen molar-refractivity contribution >= 4 is 17.6 Å². The molecule has 1 atom stereocenters. The van der Waals surface area contributed by atoms with Gasteiger partial charge in [0, 0.05) is 49.9 Å². The van der Waals surface area contributed by atoms with Crippen LogP contribution in [0.25, 0.3) is 0 Å². The monoisotopic (exact) mass is 360 g/mol. The Kier molecular flexibility index (Phi) is 6.01. The Morgan fingerprint density at radius 1 is 1.12 bits per heavy atom. The third-order valence-electron chi connectivity index (χ3n) is 5.34. The van der Waals surface area contributed by atoms with Gasteiger partial charge in [0.15, 0.2) is 5.78 Å². The van der Waals surface area contributed by atoms with Crippen LogP contribution in [-0.4, -0.2) is 41.6 Å². The van der Waals surface area contributed by atoms with Crippen LogP contribution in [0.5, 0.6) is 0 Å². The normalized spacial score (nSPS) is 20.6. The molecule has 1 aromatic carbocycles. The minimum atomic E-state index is -0.392. The average molecular weight is 360 g/mol. The van der Waals surface area contributed by atoms with E-state index in [0.717, 1.165) is 19.4 Å². The molecule has 26 heavy (non-hydrogen) atoms. The summed E-state index contributed by atoms with van der Waals surface area (Å²) < 4.78 is 12.9. The summed E-state index contributed by atoms with van der Waals surface area (Å²) in [6.45, 7) is 1.19. The lowest BCUT2D eigenvalue weighted by Crippen LogP contribution is -2.36. The van der Waals surface area contributed by atoms with Crippen molar-refractivity contribution in [1.29, 1.82) is 0 Å². The maximum atomic E-state index is 12.9. The molecule has 3 rings (SSSR count). The summed E-state index contributed by atoms with van der Waals surface area (Å²) in [4.78, 5) is 38.1. The molecule has 1 aliphatic carbocycles. The van der Waals surface area contributed by atoms with Gasteiger partial charge in [-0.3, -0.25) is 14.4 Å². The van der Waals surface area contributed by atoms with Crippen molar-refractivity contribution in [3.8, 4) is 0 Å². The van der Waals surface area contributed by atoms with Gasteiger partial charge in [0.1, 0.15) is 5.82 Å². The van der Waals surface area contributed by atoms with Gasteiger partial charge in [-0.2, -0.15) is 0 Å². The molecule has 1 aromatic rings. The highest BCUT2D eigenvalue weighted by molar-refractivity contribution is 5.97. The standard InChI is InChI=1S/C20H25FN2O3/c21-16-7-5-15(6-8-16)18(24)9-10-19(25)22-12-14-11-20(26)23(13-14)17-3-1-2-4-17/h5-8,14,17H,1-4,9-13H2,(H,22,25). The fourth-order valence-electron chi connectivity index (χ4n) is 3.87. The van der Waals surface area contributed by atoms with Crippen LogP contribution >= 0.6 is 0 Å². The first-order valence-corrected chi connectivity index (χ1v) is 9.38. The predicted molar refractivity (Wildman–Crippen MR) is 95.1 cm³/mol. The molecular weight excluding hydrogens is 335 g/mol. The molecule has 2 aliphatic rings. The number of nitrogens with zero attached hydrogens (tertiary/aromatic N) is 1. The van der Waals surface area contributed by atoms with Gasteiger partial charge in [-0.1, -0.05) is 12.8 Å². The van der Waals surface area contributed by atoms with E-state index in [1.54, 1.807) is 0 Å². The number of likely N-dealkylation sites (tertiary alicyclic amines) is 1. The van der Waals surface area contributed by atoms with Gasteiger partial charge in [0.2, 0.25) is 11.8 Å². The summed E-state index contributed by atoms with van der Waals surface area (Å²) in [7, 11) is 0. The van der Waals surface area contributed by atoms with Crippen molar-refractivity contribution in [3.63, 3.8) is 0 Å². The molecule has 1 N–H and O–H groups in total. The first kappa shape index (κ1) is 18.5.